The van der Waals surface area contributed by atoms with E-state index < -0.39 is 5.41 Å². The summed E-state index contributed by atoms with van der Waals surface area (Å²) in [5, 5.41) is 7.76. The van der Waals surface area contributed by atoms with Gasteiger partial charge in [-0.25, -0.2) is 4.39 Å². The van der Waals surface area contributed by atoms with E-state index in [-0.39, 0.29) is 5.82 Å². The zero-order valence-corrected chi connectivity index (χ0v) is 15.1. The first-order valence-corrected chi connectivity index (χ1v) is 9.25. The zero-order chi connectivity index (χ0) is 19.0. The number of rotatable bonds is 3. The van der Waals surface area contributed by atoms with E-state index in [9.17, 15) is 4.39 Å². The van der Waals surface area contributed by atoms with Crippen LogP contribution in [-0.4, -0.2) is 15.2 Å². The Morgan fingerprint density at radius 1 is 0.929 bits per heavy atom. The van der Waals surface area contributed by atoms with Crippen molar-refractivity contribution in [3.05, 3.63) is 113 Å². The summed E-state index contributed by atoms with van der Waals surface area (Å²) in [6.07, 6.45) is 8.52. The maximum Gasteiger partial charge on any atom is 0.123 e. The molecule has 0 aliphatic heterocycles. The molecule has 0 spiro atoms. The fourth-order valence-electron chi connectivity index (χ4n) is 4.05. The van der Waals surface area contributed by atoms with E-state index in [2.05, 4.69) is 39.5 Å². The number of hydrogen-bond donors (Lipinski definition) is 1. The Bertz CT molecular complexity index is 1150. The SMILES string of the molecule is Fc1cccc(C2(c3ccccc3)C=Cc3c(-c4cccnc4)n[nH]c3C2)c1. The van der Waals surface area contributed by atoms with Crippen LogP contribution < -0.4 is 0 Å². The van der Waals surface area contributed by atoms with Crippen molar-refractivity contribution in [2.75, 3.05) is 0 Å². The minimum absolute atomic E-state index is 0.229. The highest BCUT2D eigenvalue weighted by molar-refractivity contribution is 5.76. The van der Waals surface area contributed by atoms with E-state index in [0.29, 0.717) is 6.42 Å². The summed E-state index contributed by atoms with van der Waals surface area (Å²) in [6, 6.07) is 21.0. The fourth-order valence-corrected chi connectivity index (χ4v) is 4.05. The number of aromatic nitrogens is 3. The van der Waals surface area contributed by atoms with E-state index in [0.717, 1.165) is 33.6 Å². The van der Waals surface area contributed by atoms with Crippen LogP contribution >= 0.6 is 0 Å². The number of pyridine rings is 1. The average Bonchev–Trinajstić information content (AvgIpc) is 3.18. The van der Waals surface area contributed by atoms with Crippen molar-refractivity contribution < 1.29 is 4.39 Å². The molecule has 1 aliphatic carbocycles. The molecular weight excluding hydrogens is 349 g/mol. The van der Waals surface area contributed by atoms with Crippen LogP contribution in [0.25, 0.3) is 17.3 Å². The number of nitrogens with one attached hydrogen (secondary N) is 1. The maximum absolute atomic E-state index is 14.1. The Labute approximate surface area is 162 Å². The van der Waals surface area contributed by atoms with E-state index >= 15 is 0 Å². The number of hydrogen-bond acceptors (Lipinski definition) is 2. The molecule has 28 heavy (non-hydrogen) atoms. The second-order valence-electron chi connectivity index (χ2n) is 7.06. The van der Waals surface area contributed by atoms with Gasteiger partial charge < -0.3 is 0 Å². The Morgan fingerprint density at radius 2 is 1.79 bits per heavy atom. The number of benzene rings is 2. The normalized spacial score (nSPS) is 18.0. The molecule has 4 aromatic rings. The van der Waals surface area contributed by atoms with Crippen LogP contribution in [0, 0.1) is 5.82 Å². The third-order valence-corrected chi connectivity index (χ3v) is 5.44. The lowest BCUT2D eigenvalue weighted by Crippen LogP contribution is -2.30. The van der Waals surface area contributed by atoms with Gasteiger partial charge in [-0.05, 0) is 35.4 Å². The second-order valence-corrected chi connectivity index (χ2v) is 7.06. The van der Waals surface area contributed by atoms with Crippen molar-refractivity contribution in [3.63, 3.8) is 0 Å². The number of allylic oxidation sites excluding steroid dienone is 1. The first-order valence-electron chi connectivity index (χ1n) is 9.25. The summed E-state index contributed by atoms with van der Waals surface area (Å²) in [4.78, 5) is 4.20. The smallest absolute Gasteiger partial charge is 0.123 e. The van der Waals surface area contributed by atoms with Crippen LogP contribution in [0.2, 0.25) is 0 Å². The van der Waals surface area contributed by atoms with Crippen LogP contribution in [0.4, 0.5) is 4.39 Å². The van der Waals surface area contributed by atoms with Gasteiger partial charge in [0.05, 0.1) is 0 Å². The Balaban J connectivity index is 1.67. The van der Waals surface area contributed by atoms with Gasteiger partial charge in [0.15, 0.2) is 0 Å². The minimum atomic E-state index is -0.449. The molecule has 1 atom stereocenters. The molecule has 5 rings (SSSR count). The van der Waals surface area contributed by atoms with Crippen molar-refractivity contribution in [1.29, 1.82) is 0 Å². The molecular formula is C24H18FN3. The summed E-state index contributed by atoms with van der Waals surface area (Å²) in [6.45, 7) is 0. The Kier molecular flexibility index (Phi) is 3.90. The lowest BCUT2D eigenvalue weighted by molar-refractivity contribution is 0.594. The summed E-state index contributed by atoms with van der Waals surface area (Å²) in [7, 11) is 0. The van der Waals surface area contributed by atoms with Crippen molar-refractivity contribution >= 4 is 6.08 Å². The van der Waals surface area contributed by atoms with E-state index in [1.807, 2.05) is 42.6 Å². The second kappa shape index (κ2) is 6.57. The van der Waals surface area contributed by atoms with Crippen LogP contribution in [0.3, 0.4) is 0 Å². The average molecular weight is 367 g/mol. The standard InChI is InChI=1S/C24H18FN3/c25-20-10-4-9-19(14-20)24(18-7-2-1-3-8-18)12-11-21-22(15-24)27-28-23(21)17-6-5-13-26-16-17/h1-14,16H,15H2,(H,27,28). The molecule has 3 nitrogen and oxygen atoms in total. The Hall–Kier alpha value is -3.53. The van der Waals surface area contributed by atoms with Crippen molar-refractivity contribution in [2.24, 2.45) is 0 Å². The first-order chi connectivity index (χ1) is 13.8. The fraction of sp³-hybridized carbons (Fsp3) is 0.0833. The quantitative estimate of drug-likeness (QED) is 0.543. The maximum atomic E-state index is 14.1. The van der Waals surface area contributed by atoms with Gasteiger partial charge in [-0.15, -0.1) is 0 Å². The number of fused-ring (bicyclic) bond motifs is 1. The zero-order valence-electron chi connectivity index (χ0n) is 15.1. The van der Waals surface area contributed by atoms with Gasteiger partial charge in [-0.1, -0.05) is 54.6 Å². The van der Waals surface area contributed by atoms with Gasteiger partial charge >= 0.3 is 0 Å². The van der Waals surface area contributed by atoms with Crippen LogP contribution in [-0.2, 0) is 11.8 Å². The molecule has 0 bridgehead atoms. The minimum Gasteiger partial charge on any atom is -0.281 e. The molecule has 0 fully saturated rings. The third kappa shape index (κ3) is 2.65. The third-order valence-electron chi connectivity index (χ3n) is 5.44. The molecule has 2 aromatic heterocycles. The van der Waals surface area contributed by atoms with Crippen molar-refractivity contribution in [2.45, 2.75) is 11.8 Å². The predicted octanol–water partition coefficient (Wildman–Crippen LogP) is 5.17. The van der Waals surface area contributed by atoms with Gasteiger partial charge in [0.1, 0.15) is 11.5 Å². The largest absolute Gasteiger partial charge is 0.281 e. The van der Waals surface area contributed by atoms with E-state index in [1.165, 1.54) is 6.07 Å². The predicted molar refractivity (Wildman–Crippen MR) is 108 cm³/mol. The molecule has 0 saturated heterocycles. The molecule has 1 aliphatic rings. The highest BCUT2D eigenvalue weighted by Gasteiger charge is 2.36. The number of halogens is 1. The lowest BCUT2D eigenvalue weighted by atomic mass is 9.68. The Morgan fingerprint density at radius 3 is 2.57 bits per heavy atom. The molecule has 2 aromatic carbocycles. The first kappa shape index (κ1) is 16.6. The van der Waals surface area contributed by atoms with Gasteiger partial charge in [0, 0.05) is 41.1 Å². The highest BCUT2D eigenvalue weighted by atomic mass is 19.1. The molecule has 1 N–H and O–H groups in total. The molecule has 4 heteroatoms. The summed E-state index contributed by atoms with van der Waals surface area (Å²) >= 11 is 0. The molecule has 136 valence electrons. The van der Waals surface area contributed by atoms with Gasteiger partial charge in [0.25, 0.3) is 0 Å². The molecule has 0 saturated carbocycles. The summed E-state index contributed by atoms with van der Waals surface area (Å²) in [5.74, 6) is -0.229. The van der Waals surface area contributed by atoms with Gasteiger partial charge in [-0.2, -0.15) is 5.10 Å². The summed E-state index contributed by atoms with van der Waals surface area (Å²) in [5.41, 5.74) is 5.57. The topological polar surface area (TPSA) is 41.6 Å². The van der Waals surface area contributed by atoms with Crippen molar-refractivity contribution in [3.8, 4) is 11.3 Å². The lowest BCUT2D eigenvalue weighted by Gasteiger charge is -2.34. The van der Waals surface area contributed by atoms with Crippen LogP contribution in [0.1, 0.15) is 22.4 Å². The molecule has 1 unspecified atom stereocenters. The van der Waals surface area contributed by atoms with Crippen LogP contribution in [0.5, 0.6) is 0 Å². The van der Waals surface area contributed by atoms with Crippen molar-refractivity contribution in [1.82, 2.24) is 15.2 Å². The van der Waals surface area contributed by atoms with E-state index in [1.54, 1.807) is 18.3 Å². The van der Waals surface area contributed by atoms with Gasteiger partial charge in [-0.3, -0.25) is 10.1 Å². The van der Waals surface area contributed by atoms with Crippen LogP contribution in [0.15, 0.2) is 85.2 Å². The van der Waals surface area contributed by atoms with Gasteiger partial charge in [0.2, 0.25) is 0 Å². The van der Waals surface area contributed by atoms with E-state index in [4.69, 9.17) is 0 Å². The summed E-state index contributed by atoms with van der Waals surface area (Å²) < 4.78 is 14.1. The number of H-pyrrole nitrogens is 1. The number of aromatic amines is 1. The molecule has 0 radical (unpaired) electrons. The highest BCUT2D eigenvalue weighted by Crippen LogP contribution is 2.43. The monoisotopic (exact) mass is 367 g/mol. The molecule has 0 amide bonds. The molecule has 2 heterocycles. The number of nitrogens with zero attached hydrogens (tertiary/aromatic N) is 2.